The van der Waals surface area contributed by atoms with Gasteiger partial charge < -0.3 is 9.47 Å². The Kier molecular flexibility index (Phi) is 4.86. The van der Waals surface area contributed by atoms with Crippen molar-refractivity contribution in [2.24, 2.45) is 5.41 Å². The van der Waals surface area contributed by atoms with Gasteiger partial charge in [0.15, 0.2) is 5.82 Å². The number of hydrogen-bond acceptors (Lipinski definition) is 4. The third-order valence-electron chi connectivity index (χ3n) is 4.35. The second-order valence-electron chi connectivity index (χ2n) is 6.52. The highest BCUT2D eigenvalue weighted by Crippen LogP contribution is 2.43. The number of aromatic amines is 1. The maximum atomic E-state index is 6.02. The third kappa shape index (κ3) is 3.14. The fourth-order valence-electron chi connectivity index (χ4n) is 2.88. The number of nitrogens with one attached hydrogen (secondary N) is 1. The van der Waals surface area contributed by atoms with E-state index in [4.69, 9.17) is 9.47 Å². The maximum absolute atomic E-state index is 6.02. The lowest BCUT2D eigenvalue weighted by molar-refractivity contribution is -0.133. The molecular formula is C17H25N3O2. The number of aromatic nitrogens is 3. The van der Waals surface area contributed by atoms with Gasteiger partial charge in [-0.25, -0.2) is 4.98 Å². The summed E-state index contributed by atoms with van der Waals surface area (Å²) in [5.41, 5.74) is -0.707. The molecule has 0 spiro atoms. The van der Waals surface area contributed by atoms with E-state index in [1.165, 1.54) is 0 Å². The van der Waals surface area contributed by atoms with Crippen LogP contribution < -0.4 is 4.74 Å². The van der Waals surface area contributed by atoms with Crippen LogP contribution in [0, 0.1) is 5.41 Å². The van der Waals surface area contributed by atoms with Crippen molar-refractivity contribution in [2.75, 3.05) is 13.7 Å². The molecule has 0 radical (unpaired) electrons. The van der Waals surface area contributed by atoms with Gasteiger partial charge in [0.1, 0.15) is 24.3 Å². The molecule has 0 aliphatic rings. The first-order valence-electron chi connectivity index (χ1n) is 7.49. The Morgan fingerprint density at radius 1 is 1.18 bits per heavy atom. The normalized spacial score (nSPS) is 16.0. The van der Waals surface area contributed by atoms with E-state index in [-0.39, 0.29) is 11.3 Å². The molecule has 1 N–H and O–H groups in total. The number of rotatable bonds is 6. The van der Waals surface area contributed by atoms with Crippen molar-refractivity contribution in [1.29, 1.82) is 0 Å². The van der Waals surface area contributed by atoms with E-state index in [9.17, 15) is 0 Å². The van der Waals surface area contributed by atoms with E-state index in [2.05, 4.69) is 42.9 Å². The predicted molar refractivity (Wildman–Crippen MR) is 85.9 cm³/mol. The lowest BCUT2D eigenvalue weighted by Crippen LogP contribution is -2.53. The van der Waals surface area contributed by atoms with Gasteiger partial charge in [0.25, 0.3) is 0 Å². The topological polar surface area (TPSA) is 60.0 Å². The molecule has 2 rings (SSSR count). The van der Waals surface area contributed by atoms with Crippen LogP contribution in [0.1, 0.15) is 39.4 Å². The van der Waals surface area contributed by atoms with Crippen LogP contribution in [-0.4, -0.2) is 34.5 Å². The van der Waals surface area contributed by atoms with Gasteiger partial charge in [0, 0.05) is 7.11 Å². The summed E-state index contributed by atoms with van der Waals surface area (Å²) in [6.45, 7) is 8.94. The molecule has 5 heteroatoms. The smallest absolute Gasteiger partial charge is 0.156 e. The van der Waals surface area contributed by atoms with Gasteiger partial charge in [-0.2, -0.15) is 5.10 Å². The molecule has 0 saturated heterocycles. The molecule has 22 heavy (non-hydrogen) atoms. The zero-order chi connectivity index (χ0) is 16.2. The minimum absolute atomic E-state index is 0.0209. The molecule has 2 atom stereocenters. The lowest BCUT2D eigenvalue weighted by atomic mass is 9.69. The summed E-state index contributed by atoms with van der Waals surface area (Å²) in [5.74, 6) is 1.54. The van der Waals surface area contributed by atoms with E-state index in [0.717, 1.165) is 11.6 Å². The molecule has 0 amide bonds. The molecule has 1 aromatic heterocycles. The number of nitrogens with zero attached hydrogens (tertiary/aromatic N) is 2. The zero-order valence-corrected chi connectivity index (χ0v) is 14.0. The van der Waals surface area contributed by atoms with Crippen molar-refractivity contribution < 1.29 is 9.47 Å². The van der Waals surface area contributed by atoms with Crippen molar-refractivity contribution in [3.8, 4) is 5.75 Å². The molecule has 120 valence electrons. The van der Waals surface area contributed by atoms with Gasteiger partial charge in [-0.3, -0.25) is 5.10 Å². The quantitative estimate of drug-likeness (QED) is 0.888. The van der Waals surface area contributed by atoms with E-state index in [1.807, 2.05) is 30.3 Å². The molecule has 0 aliphatic heterocycles. The summed E-state index contributed by atoms with van der Waals surface area (Å²) in [6.07, 6.45) is 1.59. The van der Waals surface area contributed by atoms with Crippen molar-refractivity contribution in [1.82, 2.24) is 15.2 Å². The average Bonchev–Trinajstić information content (AvgIpc) is 3.02. The van der Waals surface area contributed by atoms with Gasteiger partial charge in [0.2, 0.25) is 0 Å². The Hall–Kier alpha value is -1.88. The van der Waals surface area contributed by atoms with Crippen LogP contribution in [0.25, 0.3) is 0 Å². The average molecular weight is 303 g/mol. The largest absolute Gasteiger partial charge is 0.491 e. The fraction of sp³-hybridized carbons (Fsp3) is 0.529. The highest BCUT2D eigenvalue weighted by atomic mass is 16.5. The van der Waals surface area contributed by atoms with Crippen LogP contribution in [0.2, 0.25) is 0 Å². The molecule has 1 heterocycles. The van der Waals surface area contributed by atoms with Gasteiger partial charge in [-0.15, -0.1) is 0 Å². The number of methoxy groups -OCH3 is 1. The van der Waals surface area contributed by atoms with Crippen LogP contribution in [0.4, 0.5) is 0 Å². The second kappa shape index (κ2) is 6.48. The number of para-hydroxylation sites is 1. The number of ether oxygens (including phenoxy) is 2. The number of H-pyrrole nitrogens is 1. The Morgan fingerprint density at radius 2 is 1.86 bits per heavy atom. The van der Waals surface area contributed by atoms with Gasteiger partial charge in [-0.05, 0) is 17.5 Å². The highest BCUT2D eigenvalue weighted by molar-refractivity contribution is 5.21. The Balaban J connectivity index is 2.29. The minimum Gasteiger partial charge on any atom is -0.491 e. The summed E-state index contributed by atoms with van der Waals surface area (Å²) in [7, 11) is 1.72. The summed E-state index contributed by atoms with van der Waals surface area (Å²) >= 11 is 0. The Labute approximate surface area is 132 Å². The molecular weight excluding hydrogens is 278 g/mol. The van der Waals surface area contributed by atoms with Crippen LogP contribution in [0.3, 0.4) is 0 Å². The summed E-state index contributed by atoms with van der Waals surface area (Å²) < 4.78 is 12.0. The molecule has 2 unspecified atom stereocenters. The van der Waals surface area contributed by atoms with E-state index < -0.39 is 5.60 Å². The third-order valence-corrected chi connectivity index (χ3v) is 4.35. The van der Waals surface area contributed by atoms with E-state index in [1.54, 1.807) is 13.4 Å². The number of hydrogen-bond donors (Lipinski definition) is 1. The second-order valence-corrected chi connectivity index (χ2v) is 6.52. The van der Waals surface area contributed by atoms with Crippen LogP contribution in [-0.2, 0) is 4.74 Å². The molecule has 2 aromatic rings. The highest BCUT2D eigenvalue weighted by Gasteiger charge is 2.49. The summed E-state index contributed by atoms with van der Waals surface area (Å²) in [4.78, 5) is 4.30. The molecule has 0 saturated carbocycles. The molecule has 0 bridgehead atoms. The van der Waals surface area contributed by atoms with Crippen LogP contribution in [0.5, 0.6) is 5.75 Å². The van der Waals surface area contributed by atoms with Crippen LogP contribution >= 0.6 is 0 Å². The molecule has 1 aromatic carbocycles. The minimum atomic E-state index is -0.551. The Morgan fingerprint density at radius 3 is 2.36 bits per heavy atom. The van der Waals surface area contributed by atoms with E-state index >= 15 is 0 Å². The van der Waals surface area contributed by atoms with Crippen molar-refractivity contribution in [3.63, 3.8) is 0 Å². The van der Waals surface area contributed by atoms with Gasteiger partial charge in [0.05, 0.1) is 5.92 Å². The SMILES string of the molecule is COC(COc1ccccc1)(C(C)c1nc[nH]n1)C(C)(C)C. The maximum Gasteiger partial charge on any atom is 0.156 e. The predicted octanol–water partition coefficient (Wildman–Crippen LogP) is 3.42. The molecule has 5 nitrogen and oxygen atoms in total. The molecule has 0 fully saturated rings. The van der Waals surface area contributed by atoms with Gasteiger partial charge >= 0.3 is 0 Å². The fourth-order valence-corrected chi connectivity index (χ4v) is 2.88. The standard InChI is InChI=1S/C17H25N3O2/c1-13(15-18-12-19-20-15)17(21-5,16(2,3)4)11-22-14-9-7-6-8-10-14/h6-10,12-13H,11H2,1-5H3,(H,18,19,20). The van der Waals surface area contributed by atoms with Crippen LogP contribution in [0.15, 0.2) is 36.7 Å². The van der Waals surface area contributed by atoms with Gasteiger partial charge in [-0.1, -0.05) is 45.9 Å². The summed E-state index contributed by atoms with van der Waals surface area (Å²) in [5, 5.41) is 7.00. The zero-order valence-electron chi connectivity index (χ0n) is 14.0. The number of benzene rings is 1. The lowest BCUT2D eigenvalue weighted by Gasteiger charge is -2.46. The Bertz CT molecular complexity index is 563. The van der Waals surface area contributed by atoms with E-state index in [0.29, 0.717) is 6.61 Å². The molecule has 0 aliphatic carbocycles. The first-order chi connectivity index (χ1) is 10.4. The van der Waals surface area contributed by atoms with Crippen molar-refractivity contribution >= 4 is 0 Å². The van der Waals surface area contributed by atoms with Crippen molar-refractivity contribution in [2.45, 2.75) is 39.2 Å². The summed E-state index contributed by atoms with van der Waals surface area (Å²) in [6, 6.07) is 9.77. The first kappa shape index (κ1) is 16.5. The monoisotopic (exact) mass is 303 g/mol. The van der Waals surface area contributed by atoms with Crippen molar-refractivity contribution in [3.05, 3.63) is 42.5 Å². The first-order valence-corrected chi connectivity index (χ1v) is 7.49.